The van der Waals surface area contributed by atoms with Crippen LogP contribution in [0.2, 0.25) is 0 Å². The lowest BCUT2D eigenvalue weighted by molar-refractivity contribution is -0.117. The van der Waals surface area contributed by atoms with Gasteiger partial charge in [0, 0.05) is 24.6 Å². The molecule has 0 unspecified atom stereocenters. The van der Waals surface area contributed by atoms with Crippen molar-refractivity contribution in [2.75, 3.05) is 0 Å². The molecule has 0 spiro atoms. The van der Waals surface area contributed by atoms with E-state index in [1.54, 1.807) is 12.3 Å². The Kier molecular flexibility index (Phi) is 4.58. The van der Waals surface area contributed by atoms with Gasteiger partial charge in [0.15, 0.2) is 0 Å². The van der Waals surface area contributed by atoms with Gasteiger partial charge in [-0.1, -0.05) is 6.07 Å². The molecule has 1 aliphatic heterocycles. The van der Waals surface area contributed by atoms with Crippen LogP contribution in [0.15, 0.2) is 42.6 Å². The molecule has 3 aromatic rings. The van der Waals surface area contributed by atoms with Crippen molar-refractivity contribution in [1.82, 2.24) is 19.7 Å². The number of Topliss-reactive ketones (excluding diaryl/α,β-unsaturated/α-hetero) is 1. The third-order valence-electron chi connectivity index (χ3n) is 5.74. The Hall–Kier alpha value is -3.09. The third-order valence-corrected chi connectivity index (χ3v) is 5.74. The SMILES string of the molecule is O=C1Cc2cc(F)ccc2-n2c(nnc2C2CCC(Oc3ccccn3)CC2)C1. The van der Waals surface area contributed by atoms with E-state index in [-0.39, 0.29) is 36.5 Å². The van der Waals surface area contributed by atoms with Crippen LogP contribution in [0, 0.1) is 5.82 Å². The molecule has 0 bridgehead atoms. The van der Waals surface area contributed by atoms with Crippen LogP contribution in [0.25, 0.3) is 5.69 Å². The van der Waals surface area contributed by atoms with Gasteiger partial charge in [0.2, 0.25) is 5.88 Å². The number of halogens is 1. The Balaban J connectivity index is 1.39. The standard InChI is InChI=1S/C22H21FN4O2/c23-16-6-9-19-15(11-16)12-17(28)13-20-25-26-22(27(19)20)14-4-7-18(8-5-14)29-21-3-1-2-10-24-21/h1-3,6,9-11,14,18H,4-5,7-8,12-13H2. The summed E-state index contributed by atoms with van der Waals surface area (Å²) in [5, 5.41) is 8.75. The van der Waals surface area contributed by atoms with Gasteiger partial charge in [-0.3, -0.25) is 9.36 Å². The summed E-state index contributed by atoms with van der Waals surface area (Å²) in [7, 11) is 0. The zero-order valence-electron chi connectivity index (χ0n) is 15.9. The highest BCUT2D eigenvalue weighted by Gasteiger charge is 2.31. The second kappa shape index (κ2) is 7.39. The van der Waals surface area contributed by atoms with E-state index in [1.807, 2.05) is 22.8 Å². The van der Waals surface area contributed by atoms with Gasteiger partial charge in [-0.05, 0) is 55.5 Å². The number of ether oxygens (including phenoxy) is 1. The quantitative estimate of drug-likeness (QED) is 0.682. The monoisotopic (exact) mass is 392 g/mol. The number of pyridine rings is 1. The number of carbonyl (C=O) groups is 1. The van der Waals surface area contributed by atoms with Crippen molar-refractivity contribution in [2.24, 2.45) is 0 Å². The molecule has 0 atom stereocenters. The van der Waals surface area contributed by atoms with E-state index >= 15 is 0 Å². The maximum absolute atomic E-state index is 13.8. The van der Waals surface area contributed by atoms with E-state index in [2.05, 4.69) is 15.2 Å². The maximum atomic E-state index is 13.8. The van der Waals surface area contributed by atoms with Crippen LogP contribution in [-0.4, -0.2) is 31.6 Å². The normalized spacial score (nSPS) is 21.2. The van der Waals surface area contributed by atoms with E-state index in [9.17, 15) is 9.18 Å². The summed E-state index contributed by atoms with van der Waals surface area (Å²) in [6, 6.07) is 10.3. The lowest BCUT2D eigenvalue weighted by Gasteiger charge is -2.28. The van der Waals surface area contributed by atoms with Gasteiger partial charge in [-0.15, -0.1) is 10.2 Å². The molecule has 0 radical (unpaired) electrons. The van der Waals surface area contributed by atoms with Crippen LogP contribution in [0.4, 0.5) is 4.39 Å². The zero-order chi connectivity index (χ0) is 19.8. The maximum Gasteiger partial charge on any atom is 0.213 e. The van der Waals surface area contributed by atoms with Crippen molar-refractivity contribution in [1.29, 1.82) is 0 Å². The fourth-order valence-corrected chi connectivity index (χ4v) is 4.36. The molecule has 0 saturated heterocycles. The predicted octanol–water partition coefficient (Wildman–Crippen LogP) is 3.57. The number of ketones is 1. The second-order valence-corrected chi connectivity index (χ2v) is 7.73. The minimum atomic E-state index is -0.332. The molecule has 0 amide bonds. The molecule has 5 rings (SSSR count). The molecule has 7 heteroatoms. The predicted molar refractivity (Wildman–Crippen MR) is 104 cm³/mol. The molecule has 0 N–H and O–H groups in total. The first-order chi connectivity index (χ1) is 14.2. The topological polar surface area (TPSA) is 69.9 Å². The second-order valence-electron chi connectivity index (χ2n) is 7.73. The first-order valence-electron chi connectivity index (χ1n) is 10.00. The van der Waals surface area contributed by atoms with Crippen molar-refractivity contribution in [3.05, 3.63) is 65.6 Å². The first kappa shape index (κ1) is 18.0. The van der Waals surface area contributed by atoms with E-state index in [0.717, 1.165) is 37.2 Å². The Morgan fingerprint density at radius 2 is 1.90 bits per heavy atom. The fourth-order valence-electron chi connectivity index (χ4n) is 4.36. The summed E-state index contributed by atoms with van der Waals surface area (Å²) in [5.74, 6) is 2.08. The van der Waals surface area contributed by atoms with Crippen LogP contribution in [0.3, 0.4) is 0 Å². The first-order valence-corrected chi connectivity index (χ1v) is 10.00. The van der Waals surface area contributed by atoms with E-state index < -0.39 is 0 Å². The number of fused-ring (bicyclic) bond motifs is 3. The average Bonchev–Trinajstić information content (AvgIpc) is 3.06. The van der Waals surface area contributed by atoms with Crippen LogP contribution in [0.1, 0.15) is 48.8 Å². The number of hydrogen-bond acceptors (Lipinski definition) is 5. The summed E-state index contributed by atoms with van der Waals surface area (Å²) < 4.78 is 21.7. The molecule has 2 aromatic heterocycles. The average molecular weight is 392 g/mol. The summed E-state index contributed by atoms with van der Waals surface area (Å²) in [6.07, 6.45) is 5.95. The minimum Gasteiger partial charge on any atom is -0.474 e. The number of carbonyl (C=O) groups excluding carboxylic acids is 1. The molecular weight excluding hydrogens is 371 g/mol. The molecule has 29 heavy (non-hydrogen) atoms. The van der Waals surface area contributed by atoms with Crippen LogP contribution < -0.4 is 4.74 Å². The Morgan fingerprint density at radius 1 is 1.03 bits per heavy atom. The van der Waals surface area contributed by atoms with Crippen LogP contribution in [0.5, 0.6) is 5.88 Å². The number of aromatic nitrogens is 4. The molecule has 1 aromatic carbocycles. The molecule has 3 heterocycles. The van der Waals surface area contributed by atoms with Crippen molar-refractivity contribution in [3.63, 3.8) is 0 Å². The van der Waals surface area contributed by atoms with Crippen LogP contribution in [-0.2, 0) is 17.6 Å². The highest BCUT2D eigenvalue weighted by atomic mass is 19.1. The number of nitrogens with zero attached hydrogens (tertiary/aromatic N) is 4. The molecule has 1 saturated carbocycles. The summed E-state index contributed by atoms with van der Waals surface area (Å²) in [6.45, 7) is 0. The van der Waals surface area contributed by atoms with E-state index in [4.69, 9.17) is 4.74 Å². The lowest BCUT2D eigenvalue weighted by Crippen LogP contribution is -2.25. The molecule has 1 fully saturated rings. The van der Waals surface area contributed by atoms with Crippen molar-refractivity contribution in [3.8, 4) is 11.6 Å². The Labute approximate surface area is 167 Å². The van der Waals surface area contributed by atoms with Gasteiger partial charge < -0.3 is 4.74 Å². The van der Waals surface area contributed by atoms with Gasteiger partial charge in [0.25, 0.3) is 0 Å². The number of rotatable bonds is 3. The Bertz CT molecular complexity index is 1040. The molecule has 1 aliphatic carbocycles. The Morgan fingerprint density at radius 3 is 2.69 bits per heavy atom. The van der Waals surface area contributed by atoms with Crippen molar-refractivity contribution >= 4 is 5.78 Å². The largest absolute Gasteiger partial charge is 0.474 e. The van der Waals surface area contributed by atoms with Gasteiger partial charge in [0.05, 0.1) is 12.1 Å². The number of hydrogen-bond donors (Lipinski definition) is 0. The van der Waals surface area contributed by atoms with E-state index in [1.165, 1.54) is 12.1 Å². The van der Waals surface area contributed by atoms with Crippen LogP contribution >= 0.6 is 0 Å². The summed E-state index contributed by atoms with van der Waals surface area (Å²) in [4.78, 5) is 16.5. The highest BCUT2D eigenvalue weighted by molar-refractivity contribution is 5.84. The molecular formula is C22H21FN4O2. The lowest BCUT2D eigenvalue weighted by atomic mass is 9.86. The highest BCUT2D eigenvalue weighted by Crippen LogP contribution is 2.36. The van der Waals surface area contributed by atoms with Gasteiger partial charge in [-0.25, -0.2) is 9.37 Å². The van der Waals surface area contributed by atoms with Crippen molar-refractivity contribution in [2.45, 2.75) is 50.5 Å². The van der Waals surface area contributed by atoms with Crippen molar-refractivity contribution < 1.29 is 13.9 Å². The summed E-state index contributed by atoms with van der Waals surface area (Å²) in [5.41, 5.74) is 1.51. The van der Waals surface area contributed by atoms with Gasteiger partial charge in [-0.2, -0.15) is 0 Å². The fraction of sp³-hybridized carbons (Fsp3) is 0.364. The molecule has 2 aliphatic rings. The molecule has 6 nitrogen and oxygen atoms in total. The zero-order valence-corrected chi connectivity index (χ0v) is 15.9. The third kappa shape index (κ3) is 3.52. The molecule has 148 valence electrons. The summed E-state index contributed by atoms with van der Waals surface area (Å²) >= 11 is 0. The minimum absolute atomic E-state index is 0.0296. The van der Waals surface area contributed by atoms with Gasteiger partial charge >= 0.3 is 0 Å². The van der Waals surface area contributed by atoms with E-state index in [0.29, 0.717) is 17.3 Å². The smallest absolute Gasteiger partial charge is 0.213 e. The number of benzene rings is 1. The van der Waals surface area contributed by atoms with Gasteiger partial charge in [0.1, 0.15) is 29.4 Å².